The van der Waals surface area contributed by atoms with Crippen molar-refractivity contribution in [1.29, 1.82) is 0 Å². The summed E-state index contributed by atoms with van der Waals surface area (Å²) in [6.07, 6.45) is 5.53. The van der Waals surface area contributed by atoms with Gasteiger partial charge in [0.2, 0.25) is 5.91 Å². The van der Waals surface area contributed by atoms with Crippen LogP contribution in [0, 0.1) is 5.92 Å². The molecule has 0 spiro atoms. The van der Waals surface area contributed by atoms with Crippen molar-refractivity contribution in [2.45, 2.75) is 32.1 Å². The highest BCUT2D eigenvalue weighted by atomic mass is 16.5. The van der Waals surface area contributed by atoms with Gasteiger partial charge in [0.15, 0.2) is 5.82 Å². The largest absolute Gasteiger partial charge is 0.342 e. The third kappa shape index (κ3) is 4.47. The van der Waals surface area contributed by atoms with Gasteiger partial charge in [-0.2, -0.15) is 4.98 Å². The topological polar surface area (TPSA) is 101 Å². The minimum atomic E-state index is 0.174. The van der Waals surface area contributed by atoms with Gasteiger partial charge in [-0.1, -0.05) is 23.4 Å². The third-order valence-corrected chi connectivity index (χ3v) is 5.71. The van der Waals surface area contributed by atoms with Crippen molar-refractivity contribution in [2.75, 3.05) is 13.1 Å². The van der Waals surface area contributed by atoms with Crippen molar-refractivity contribution >= 4 is 16.9 Å². The molecule has 0 radical (unpaired) electrons. The number of hydrogen-bond acceptors (Lipinski definition) is 6. The summed E-state index contributed by atoms with van der Waals surface area (Å²) in [5.41, 5.74) is 2.62. The second-order valence-corrected chi connectivity index (χ2v) is 7.98. The number of para-hydroxylation sites is 2. The molecule has 0 aliphatic carbocycles. The van der Waals surface area contributed by atoms with E-state index >= 15 is 0 Å². The number of aromatic amines is 1. The molecule has 4 heterocycles. The fourth-order valence-electron chi connectivity index (χ4n) is 4.15. The Hall–Kier alpha value is -3.55. The van der Waals surface area contributed by atoms with E-state index in [9.17, 15) is 4.79 Å². The van der Waals surface area contributed by atoms with Gasteiger partial charge in [0.05, 0.1) is 11.0 Å². The van der Waals surface area contributed by atoms with E-state index in [1.807, 2.05) is 47.4 Å². The maximum atomic E-state index is 12.8. The van der Waals surface area contributed by atoms with Crippen LogP contribution in [0.5, 0.6) is 0 Å². The zero-order valence-electron chi connectivity index (χ0n) is 17.2. The molecule has 0 bridgehead atoms. The highest BCUT2D eigenvalue weighted by molar-refractivity contribution is 5.77. The van der Waals surface area contributed by atoms with Gasteiger partial charge in [0.25, 0.3) is 5.89 Å². The summed E-state index contributed by atoms with van der Waals surface area (Å²) >= 11 is 0. The average molecular weight is 416 g/mol. The minimum absolute atomic E-state index is 0.174. The number of H-pyrrole nitrogens is 1. The lowest BCUT2D eigenvalue weighted by Gasteiger charge is -2.32. The molecule has 8 nitrogen and oxygen atoms in total. The van der Waals surface area contributed by atoms with E-state index in [-0.39, 0.29) is 5.91 Å². The number of carbonyl (C=O) groups is 1. The lowest BCUT2D eigenvalue weighted by molar-refractivity contribution is -0.133. The maximum Gasteiger partial charge on any atom is 0.276 e. The number of nitrogens with zero attached hydrogens (tertiary/aromatic N) is 5. The molecule has 1 atom stereocenters. The predicted molar refractivity (Wildman–Crippen MR) is 115 cm³/mol. The van der Waals surface area contributed by atoms with Gasteiger partial charge < -0.3 is 14.4 Å². The smallest absolute Gasteiger partial charge is 0.276 e. The van der Waals surface area contributed by atoms with Crippen molar-refractivity contribution in [3.8, 4) is 11.6 Å². The van der Waals surface area contributed by atoms with E-state index in [1.165, 1.54) is 0 Å². The molecule has 4 aromatic rings. The zero-order chi connectivity index (χ0) is 21.0. The molecule has 0 saturated carbocycles. The molecule has 3 aromatic heterocycles. The van der Waals surface area contributed by atoms with Crippen LogP contribution in [0.4, 0.5) is 0 Å². The summed E-state index contributed by atoms with van der Waals surface area (Å²) in [6.45, 7) is 1.54. The van der Waals surface area contributed by atoms with Crippen molar-refractivity contribution in [3.63, 3.8) is 0 Å². The molecular weight excluding hydrogens is 392 g/mol. The first kappa shape index (κ1) is 19.4. The Morgan fingerprint density at radius 3 is 2.94 bits per heavy atom. The van der Waals surface area contributed by atoms with Crippen LogP contribution in [-0.4, -0.2) is 49.0 Å². The number of amides is 1. The number of benzene rings is 1. The molecule has 1 fully saturated rings. The monoisotopic (exact) mass is 416 g/mol. The quantitative estimate of drug-likeness (QED) is 0.517. The molecule has 1 saturated heterocycles. The molecule has 158 valence electrons. The molecule has 31 heavy (non-hydrogen) atoms. The lowest BCUT2D eigenvalue weighted by atomic mass is 9.94. The molecule has 1 unspecified atom stereocenters. The fraction of sp³-hybridized carbons (Fsp3) is 0.348. The van der Waals surface area contributed by atoms with Gasteiger partial charge in [-0.15, -0.1) is 0 Å². The predicted octanol–water partition coefficient (Wildman–Crippen LogP) is 3.42. The SMILES string of the molecule is O=C(CCc1nc2ccccc2[nH]1)N1CCCC(Cc2noc(-c3ccccn3)n2)C1. The minimum Gasteiger partial charge on any atom is -0.342 e. The van der Waals surface area contributed by atoms with Gasteiger partial charge in [-0.3, -0.25) is 9.78 Å². The number of carbonyl (C=O) groups excluding carboxylic acids is 1. The number of likely N-dealkylation sites (tertiary alicyclic amines) is 1. The second kappa shape index (κ2) is 8.67. The van der Waals surface area contributed by atoms with Crippen molar-refractivity contribution in [3.05, 3.63) is 60.3 Å². The maximum absolute atomic E-state index is 12.8. The Balaban J connectivity index is 1.16. The Labute approximate surface area is 179 Å². The fourth-order valence-corrected chi connectivity index (χ4v) is 4.15. The van der Waals surface area contributed by atoms with Gasteiger partial charge in [-0.25, -0.2) is 4.98 Å². The summed E-state index contributed by atoms with van der Waals surface area (Å²) in [5, 5.41) is 4.11. The number of piperidine rings is 1. The molecule has 1 aliphatic heterocycles. The molecule has 1 amide bonds. The van der Waals surface area contributed by atoms with Crippen LogP contribution in [-0.2, 0) is 17.6 Å². The van der Waals surface area contributed by atoms with Gasteiger partial charge in [0, 0.05) is 38.5 Å². The van der Waals surface area contributed by atoms with Crippen molar-refractivity contribution < 1.29 is 9.32 Å². The van der Waals surface area contributed by atoms with Crippen LogP contribution >= 0.6 is 0 Å². The van der Waals surface area contributed by atoms with Crippen molar-refractivity contribution in [1.82, 2.24) is 30.0 Å². The normalized spacial score (nSPS) is 16.6. The number of nitrogens with one attached hydrogen (secondary N) is 1. The van der Waals surface area contributed by atoms with Crippen LogP contribution in [0.3, 0.4) is 0 Å². The summed E-state index contributed by atoms with van der Waals surface area (Å²) in [4.78, 5) is 31.4. The van der Waals surface area contributed by atoms with E-state index in [4.69, 9.17) is 4.52 Å². The van der Waals surface area contributed by atoms with Crippen LogP contribution in [0.25, 0.3) is 22.6 Å². The number of imidazole rings is 1. The third-order valence-electron chi connectivity index (χ3n) is 5.71. The molecule has 1 aliphatic rings. The van der Waals surface area contributed by atoms with Gasteiger partial charge >= 0.3 is 0 Å². The number of rotatable bonds is 6. The molecule has 8 heteroatoms. The first-order valence-corrected chi connectivity index (χ1v) is 10.7. The van der Waals surface area contributed by atoms with E-state index < -0.39 is 0 Å². The second-order valence-electron chi connectivity index (χ2n) is 7.98. The highest BCUT2D eigenvalue weighted by Crippen LogP contribution is 2.22. The van der Waals surface area contributed by atoms with E-state index in [0.29, 0.717) is 42.6 Å². The van der Waals surface area contributed by atoms with Crippen LogP contribution in [0.15, 0.2) is 53.2 Å². The van der Waals surface area contributed by atoms with Crippen LogP contribution < -0.4 is 0 Å². The number of aromatic nitrogens is 5. The molecule has 5 rings (SSSR count). The van der Waals surface area contributed by atoms with Crippen molar-refractivity contribution in [2.24, 2.45) is 5.92 Å². The summed E-state index contributed by atoms with van der Waals surface area (Å²) in [5.74, 6) is 2.47. The Bertz CT molecular complexity index is 1140. The molecule has 1 N–H and O–H groups in total. The Morgan fingerprint density at radius 1 is 1.16 bits per heavy atom. The van der Waals surface area contributed by atoms with E-state index in [2.05, 4.69) is 25.1 Å². The number of aryl methyl sites for hydroxylation is 1. The first-order valence-electron chi connectivity index (χ1n) is 10.7. The summed E-state index contributed by atoms with van der Waals surface area (Å²) in [7, 11) is 0. The summed E-state index contributed by atoms with van der Waals surface area (Å²) in [6, 6.07) is 13.5. The standard InChI is InChI=1S/C23H24N6O2/c30-22(11-10-20-25-17-7-1-2-8-18(17)26-20)29-13-5-6-16(15-29)14-21-27-23(31-28-21)19-9-3-4-12-24-19/h1-4,7-9,12,16H,5-6,10-11,13-15H2,(H,25,26). The highest BCUT2D eigenvalue weighted by Gasteiger charge is 2.25. The van der Waals surface area contributed by atoms with E-state index in [0.717, 1.165) is 42.8 Å². The average Bonchev–Trinajstić information content (AvgIpc) is 3.45. The zero-order valence-corrected chi connectivity index (χ0v) is 17.2. The van der Waals surface area contributed by atoms with Gasteiger partial charge in [0.1, 0.15) is 11.5 Å². The van der Waals surface area contributed by atoms with E-state index in [1.54, 1.807) is 6.20 Å². The number of fused-ring (bicyclic) bond motifs is 1. The summed E-state index contributed by atoms with van der Waals surface area (Å²) < 4.78 is 5.36. The molecule has 1 aromatic carbocycles. The van der Waals surface area contributed by atoms with Crippen LogP contribution in [0.1, 0.15) is 30.9 Å². The lowest BCUT2D eigenvalue weighted by Crippen LogP contribution is -2.40. The van der Waals surface area contributed by atoms with Crippen LogP contribution in [0.2, 0.25) is 0 Å². The number of pyridine rings is 1. The number of hydrogen-bond donors (Lipinski definition) is 1. The molecular formula is C23H24N6O2. The Kier molecular flexibility index (Phi) is 5.43. The van der Waals surface area contributed by atoms with Gasteiger partial charge in [-0.05, 0) is 43.0 Å². The first-order chi connectivity index (χ1) is 15.2. The Morgan fingerprint density at radius 2 is 2.06 bits per heavy atom.